The number of halogens is 1. The number of aliphatic hydroxyl groups excluding tert-OH is 1. The van der Waals surface area contributed by atoms with E-state index in [4.69, 9.17) is 14.2 Å². The summed E-state index contributed by atoms with van der Waals surface area (Å²) in [6.07, 6.45) is 0.618. The normalized spacial score (nSPS) is 17.6. The maximum absolute atomic E-state index is 13.1. The number of ether oxygens (including phenoxy) is 3. The molecule has 1 amide bonds. The van der Waals surface area contributed by atoms with E-state index in [9.17, 15) is 14.7 Å². The summed E-state index contributed by atoms with van der Waals surface area (Å²) in [6.45, 7) is 4.63. The highest BCUT2D eigenvalue weighted by Crippen LogP contribution is 2.42. The number of carbonyl (C=O) groups is 2. The lowest BCUT2D eigenvalue weighted by Crippen LogP contribution is -2.31. The van der Waals surface area contributed by atoms with Gasteiger partial charge < -0.3 is 24.2 Å². The molecule has 1 heterocycles. The molecule has 1 fully saturated rings. The van der Waals surface area contributed by atoms with Gasteiger partial charge in [-0.05, 0) is 50.1 Å². The number of rotatable bonds is 9. The summed E-state index contributed by atoms with van der Waals surface area (Å²) in [7, 11) is 3.05. The van der Waals surface area contributed by atoms with Gasteiger partial charge in [0.05, 0.1) is 31.9 Å². The van der Waals surface area contributed by atoms with Crippen molar-refractivity contribution in [1.82, 2.24) is 4.90 Å². The largest absolute Gasteiger partial charge is 0.507 e. The molecule has 0 aromatic heterocycles. The van der Waals surface area contributed by atoms with Crippen LogP contribution < -0.4 is 9.47 Å². The first-order valence-corrected chi connectivity index (χ1v) is 11.5. The Morgan fingerprint density at radius 3 is 2.33 bits per heavy atom. The first kappa shape index (κ1) is 24.8. The number of hydrogen-bond acceptors (Lipinski definition) is 6. The molecule has 0 saturated carbocycles. The van der Waals surface area contributed by atoms with Crippen molar-refractivity contribution in [3.63, 3.8) is 0 Å². The molecule has 0 bridgehead atoms. The molecule has 2 aromatic carbocycles. The summed E-state index contributed by atoms with van der Waals surface area (Å²) < 4.78 is 17.2. The minimum Gasteiger partial charge on any atom is -0.507 e. The Balaban J connectivity index is 2.08. The summed E-state index contributed by atoms with van der Waals surface area (Å²) in [5.41, 5.74) is 1.12. The van der Waals surface area contributed by atoms with E-state index >= 15 is 0 Å². The molecule has 1 saturated heterocycles. The number of hydrogen-bond donors (Lipinski definition) is 1. The van der Waals surface area contributed by atoms with Gasteiger partial charge in [0.2, 0.25) is 0 Å². The summed E-state index contributed by atoms with van der Waals surface area (Å²) in [4.78, 5) is 27.6. The van der Waals surface area contributed by atoms with Crippen LogP contribution in [0.15, 0.2) is 52.5 Å². The number of benzene rings is 2. The molecule has 8 heteroatoms. The molecule has 1 atom stereocenters. The maximum atomic E-state index is 13.1. The average molecular weight is 518 g/mol. The van der Waals surface area contributed by atoms with Crippen LogP contribution >= 0.6 is 15.9 Å². The zero-order chi connectivity index (χ0) is 24.1. The highest BCUT2D eigenvalue weighted by Gasteiger charge is 2.46. The van der Waals surface area contributed by atoms with Crippen LogP contribution in [0.5, 0.6) is 11.5 Å². The fourth-order valence-corrected chi connectivity index (χ4v) is 4.06. The molecule has 1 N–H and O–H groups in total. The summed E-state index contributed by atoms with van der Waals surface area (Å²) in [5, 5.41) is 11.1. The second-order valence-corrected chi connectivity index (χ2v) is 8.80. The Morgan fingerprint density at radius 2 is 1.73 bits per heavy atom. The SMILES string of the molecule is COc1ccc([C@@H]2C(=C(O)c3ccc(Br)cc3)C(=O)C(=O)N2CCCOC(C)C)cc1OC. The molecule has 176 valence electrons. The van der Waals surface area contributed by atoms with E-state index in [1.165, 1.54) is 19.1 Å². The van der Waals surface area contributed by atoms with Gasteiger partial charge in [0.1, 0.15) is 5.76 Å². The number of methoxy groups -OCH3 is 2. The number of Topliss-reactive ketones (excluding diaryl/α,β-unsaturated/α-hetero) is 1. The molecule has 0 spiro atoms. The second-order valence-electron chi connectivity index (χ2n) is 7.89. The van der Waals surface area contributed by atoms with Gasteiger partial charge in [-0.25, -0.2) is 0 Å². The summed E-state index contributed by atoms with van der Waals surface area (Å²) in [5.74, 6) is -0.608. The number of aliphatic hydroxyl groups is 1. The van der Waals surface area contributed by atoms with Crippen molar-refractivity contribution in [2.45, 2.75) is 32.4 Å². The number of amides is 1. The van der Waals surface area contributed by atoms with Crippen LogP contribution in [0.1, 0.15) is 37.4 Å². The third kappa shape index (κ3) is 5.39. The monoisotopic (exact) mass is 517 g/mol. The zero-order valence-corrected chi connectivity index (χ0v) is 20.7. The molecular formula is C25H28BrNO6. The smallest absolute Gasteiger partial charge is 0.295 e. The Hall–Kier alpha value is -2.84. The molecule has 1 aliphatic rings. The average Bonchev–Trinajstić information content (AvgIpc) is 3.06. The zero-order valence-electron chi connectivity index (χ0n) is 19.1. The minimum absolute atomic E-state index is 0.0410. The van der Waals surface area contributed by atoms with Crippen LogP contribution in [-0.2, 0) is 14.3 Å². The topological polar surface area (TPSA) is 85.3 Å². The lowest BCUT2D eigenvalue weighted by Gasteiger charge is -2.26. The molecule has 3 rings (SSSR count). The van der Waals surface area contributed by atoms with Crippen molar-refractivity contribution in [3.05, 3.63) is 63.6 Å². The summed E-state index contributed by atoms with van der Waals surface area (Å²) in [6, 6.07) is 11.3. The van der Waals surface area contributed by atoms with Crippen molar-refractivity contribution >= 4 is 33.4 Å². The Bertz CT molecular complexity index is 1050. The van der Waals surface area contributed by atoms with E-state index in [0.29, 0.717) is 42.2 Å². The molecule has 0 unspecified atom stereocenters. The Morgan fingerprint density at radius 1 is 1.06 bits per heavy atom. The van der Waals surface area contributed by atoms with E-state index in [0.717, 1.165) is 4.47 Å². The quantitative estimate of drug-likeness (QED) is 0.224. The second kappa shape index (κ2) is 10.9. The van der Waals surface area contributed by atoms with Gasteiger partial charge in [-0.1, -0.05) is 34.1 Å². The van der Waals surface area contributed by atoms with Crippen molar-refractivity contribution in [3.8, 4) is 11.5 Å². The Kier molecular flexibility index (Phi) is 8.15. The van der Waals surface area contributed by atoms with Gasteiger partial charge in [-0.2, -0.15) is 0 Å². The highest BCUT2D eigenvalue weighted by atomic mass is 79.9. The number of carbonyl (C=O) groups excluding carboxylic acids is 2. The van der Waals surface area contributed by atoms with Crippen LogP contribution in [0.25, 0.3) is 5.76 Å². The lowest BCUT2D eigenvalue weighted by atomic mass is 9.95. The predicted molar refractivity (Wildman–Crippen MR) is 128 cm³/mol. The van der Waals surface area contributed by atoms with E-state index in [1.807, 2.05) is 13.8 Å². The first-order valence-electron chi connectivity index (χ1n) is 10.7. The van der Waals surface area contributed by atoms with Gasteiger partial charge in [0, 0.05) is 23.2 Å². The molecule has 33 heavy (non-hydrogen) atoms. The third-order valence-electron chi connectivity index (χ3n) is 5.38. The van der Waals surface area contributed by atoms with E-state index < -0.39 is 17.7 Å². The predicted octanol–water partition coefficient (Wildman–Crippen LogP) is 4.70. The van der Waals surface area contributed by atoms with Gasteiger partial charge in [0.25, 0.3) is 11.7 Å². The third-order valence-corrected chi connectivity index (χ3v) is 5.90. The molecule has 0 aliphatic carbocycles. The molecular weight excluding hydrogens is 490 g/mol. The van der Waals surface area contributed by atoms with Crippen molar-refractivity contribution in [2.75, 3.05) is 27.4 Å². The van der Waals surface area contributed by atoms with Crippen LogP contribution in [-0.4, -0.2) is 55.2 Å². The van der Waals surface area contributed by atoms with Crippen LogP contribution in [0.3, 0.4) is 0 Å². The molecule has 7 nitrogen and oxygen atoms in total. The highest BCUT2D eigenvalue weighted by molar-refractivity contribution is 9.10. The van der Waals surface area contributed by atoms with Crippen molar-refractivity contribution < 1.29 is 28.9 Å². The standard InChI is InChI=1S/C25H28BrNO6/c1-15(2)33-13-5-12-27-22(17-8-11-19(31-3)20(14-17)32-4)21(24(29)25(27)30)23(28)16-6-9-18(26)10-7-16/h6-11,14-15,22,28H,5,12-13H2,1-4H3/t22-/m1/s1. The fraction of sp³-hybridized carbons (Fsp3) is 0.360. The number of nitrogens with zero attached hydrogens (tertiary/aromatic N) is 1. The van der Waals surface area contributed by atoms with Crippen LogP contribution in [0.4, 0.5) is 0 Å². The summed E-state index contributed by atoms with van der Waals surface area (Å²) >= 11 is 3.37. The lowest BCUT2D eigenvalue weighted by molar-refractivity contribution is -0.140. The minimum atomic E-state index is -0.771. The van der Waals surface area contributed by atoms with Crippen molar-refractivity contribution in [1.29, 1.82) is 0 Å². The van der Waals surface area contributed by atoms with E-state index in [2.05, 4.69) is 15.9 Å². The number of likely N-dealkylation sites (tertiary alicyclic amines) is 1. The van der Waals surface area contributed by atoms with Gasteiger partial charge in [0.15, 0.2) is 11.5 Å². The molecule has 1 aliphatic heterocycles. The van der Waals surface area contributed by atoms with Gasteiger partial charge in [-0.15, -0.1) is 0 Å². The van der Waals surface area contributed by atoms with Crippen LogP contribution in [0.2, 0.25) is 0 Å². The first-order chi connectivity index (χ1) is 15.8. The molecule has 2 aromatic rings. The number of ketones is 1. The van der Waals surface area contributed by atoms with E-state index in [1.54, 1.807) is 42.5 Å². The van der Waals surface area contributed by atoms with Gasteiger partial charge >= 0.3 is 0 Å². The Labute approximate surface area is 202 Å². The maximum Gasteiger partial charge on any atom is 0.295 e. The van der Waals surface area contributed by atoms with E-state index in [-0.39, 0.29) is 17.4 Å². The molecule has 0 radical (unpaired) electrons. The van der Waals surface area contributed by atoms with Crippen molar-refractivity contribution in [2.24, 2.45) is 0 Å². The van der Waals surface area contributed by atoms with Gasteiger partial charge in [-0.3, -0.25) is 9.59 Å². The van der Waals surface area contributed by atoms with Crippen LogP contribution in [0, 0.1) is 0 Å². The fourth-order valence-electron chi connectivity index (χ4n) is 3.80.